The van der Waals surface area contributed by atoms with Crippen LogP contribution in [-0.2, 0) is 6.54 Å². The van der Waals surface area contributed by atoms with Crippen LogP contribution in [0.5, 0.6) is 0 Å². The number of amides is 2. The number of hydrogen-bond acceptors (Lipinski definition) is 2. The number of aromatic nitrogens is 2. The molecule has 0 atom stereocenters. The molecule has 0 saturated carbocycles. The van der Waals surface area contributed by atoms with Gasteiger partial charge >= 0.3 is 6.03 Å². The molecule has 0 spiro atoms. The number of rotatable bonds is 3. The molecule has 0 aliphatic rings. The molecule has 22 heavy (non-hydrogen) atoms. The normalized spacial score (nSPS) is 10.6. The third-order valence-corrected chi connectivity index (χ3v) is 3.21. The van der Waals surface area contributed by atoms with Crippen LogP contribution >= 0.6 is 11.6 Å². The van der Waals surface area contributed by atoms with Crippen LogP contribution in [0.4, 0.5) is 14.9 Å². The summed E-state index contributed by atoms with van der Waals surface area (Å²) in [6.45, 7) is 0.232. The maximum atomic E-state index is 13.1. The molecule has 0 radical (unpaired) electrons. The van der Waals surface area contributed by atoms with Gasteiger partial charge in [0.15, 0.2) is 0 Å². The first-order valence-electron chi connectivity index (χ1n) is 6.54. The van der Waals surface area contributed by atoms with Gasteiger partial charge < -0.3 is 15.0 Å². The maximum Gasteiger partial charge on any atom is 0.319 e. The molecule has 0 saturated heterocycles. The summed E-state index contributed by atoms with van der Waals surface area (Å²) in [5.41, 5.74) is 1.85. The second kappa shape index (κ2) is 6.03. The summed E-state index contributed by atoms with van der Waals surface area (Å²) in [6.07, 6.45) is 3.00. The van der Waals surface area contributed by atoms with Crippen LogP contribution in [0.2, 0.25) is 5.02 Å². The fraction of sp³-hybridized carbons (Fsp3) is 0.0667. The summed E-state index contributed by atoms with van der Waals surface area (Å²) in [7, 11) is 0. The Morgan fingerprint density at radius 1 is 1.27 bits per heavy atom. The lowest BCUT2D eigenvalue weighted by Gasteiger charge is -2.06. The molecule has 112 valence electrons. The number of imidazole rings is 1. The maximum absolute atomic E-state index is 13.1. The Hall–Kier alpha value is -2.60. The summed E-state index contributed by atoms with van der Waals surface area (Å²) in [5, 5.41) is 5.89. The molecule has 0 aliphatic heterocycles. The lowest BCUT2D eigenvalue weighted by molar-refractivity contribution is 0.251. The number of benzene rings is 1. The van der Waals surface area contributed by atoms with Gasteiger partial charge in [-0.1, -0.05) is 17.7 Å². The molecule has 0 aliphatic carbocycles. The molecule has 0 fully saturated rings. The number of pyridine rings is 1. The van der Waals surface area contributed by atoms with Crippen molar-refractivity contribution in [3.8, 4) is 0 Å². The van der Waals surface area contributed by atoms with Gasteiger partial charge in [0.1, 0.15) is 11.5 Å². The van der Waals surface area contributed by atoms with E-state index in [1.54, 1.807) is 40.9 Å². The van der Waals surface area contributed by atoms with Crippen molar-refractivity contribution >= 4 is 29.0 Å². The van der Waals surface area contributed by atoms with Crippen LogP contribution in [0.1, 0.15) is 5.69 Å². The highest BCUT2D eigenvalue weighted by atomic mass is 35.5. The molecule has 0 unspecified atom stereocenters. The highest BCUT2D eigenvalue weighted by Crippen LogP contribution is 2.14. The number of carbonyl (C=O) groups is 1. The van der Waals surface area contributed by atoms with Crippen molar-refractivity contribution in [1.82, 2.24) is 14.7 Å². The minimum absolute atomic E-state index is 0.232. The number of urea groups is 1. The molecule has 1 aromatic carbocycles. The number of fused-ring (bicyclic) bond motifs is 1. The average Bonchev–Trinajstić information content (AvgIpc) is 2.87. The Balaban J connectivity index is 1.62. The Bertz CT molecular complexity index is 833. The van der Waals surface area contributed by atoms with Crippen LogP contribution in [0.15, 0.2) is 48.8 Å². The summed E-state index contributed by atoms with van der Waals surface area (Å²) >= 11 is 5.84. The number of nitrogens with one attached hydrogen (secondary N) is 2. The van der Waals surface area contributed by atoms with Gasteiger partial charge in [0.2, 0.25) is 0 Å². The Kier molecular flexibility index (Phi) is 3.93. The van der Waals surface area contributed by atoms with Crippen LogP contribution < -0.4 is 10.6 Å². The zero-order chi connectivity index (χ0) is 15.5. The van der Waals surface area contributed by atoms with Crippen molar-refractivity contribution in [1.29, 1.82) is 0 Å². The molecule has 0 bridgehead atoms. The molecule has 7 heteroatoms. The lowest BCUT2D eigenvalue weighted by atomic mass is 10.3. The van der Waals surface area contributed by atoms with Crippen molar-refractivity contribution in [2.24, 2.45) is 0 Å². The first-order valence-corrected chi connectivity index (χ1v) is 6.91. The van der Waals surface area contributed by atoms with Crippen molar-refractivity contribution in [2.75, 3.05) is 5.32 Å². The zero-order valence-corrected chi connectivity index (χ0v) is 12.1. The Labute approximate surface area is 130 Å². The van der Waals surface area contributed by atoms with E-state index in [1.165, 1.54) is 12.3 Å². The molecule has 5 nitrogen and oxygen atoms in total. The smallest absolute Gasteiger partial charge is 0.319 e. The second-order valence-corrected chi connectivity index (χ2v) is 5.10. The van der Waals surface area contributed by atoms with E-state index >= 15 is 0 Å². The summed E-state index contributed by atoms with van der Waals surface area (Å²) in [6, 6.07) is 9.39. The van der Waals surface area contributed by atoms with Crippen LogP contribution in [0, 0.1) is 5.82 Å². The number of anilines is 1. The van der Waals surface area contributed by atoms with Crippen molar-refractivity contribution in [3.63, 3.8) is 0 Å². The summed E-state index contributed by atoms with van der Waals surface area (Å²) in [5.74, 6) is -0.344. The summed E-state index contributed by atoms with van der Waals surface area (Å²) in [4.78, 5) is 16.1. The van der Waals surface area contributed by atoms with Gasteiger partial charge in [-0.2, -0.15) is 0 Å². The first-order chi connectivity index (χ1) is 10.6. The second-order valence-electron chi connectivity index (χ2n) is 4.66. The third kappa shape index (κ3) is 3.35. The van der Waals surface area contributed by atoms with Gasteiger partial charge in [0, 0.05) is 23.1 Å². The lowest BCUT2D eigenvalue weighted by Crippen LogP contribution is -2.28. The number of halogens is 2. The van der Waals surface area contributed by atoms with Gasteiger partial charge in [-0.3, -0.25) is 0 Å². The van der Waals surface area contributed by atoms with Gasteiger partial charge in [0.05, 0.1) is 12.2 Å². The largest absolute Gasteiger partial charge is 0.332 e. The minimum atomic E-state index is -0.370. The molecular formula is C15H12ClFN4O. The highest BCUT2D eigenvalue weighted by Gasteiger charge is 2.05. The minimum Gasteiger partial charge on any atom is -0.332 e. The van der Waals surface area contributed by atoms with E-state index in [0.29, 0.717) is 22.1 Å². The standard InChI is InChI=1S/C15H12ClFN4O/c16-10-2-1-3-12(6-10)20-15(22)18-7-13-9-21-8-11(17)4-5-14(21)19-13/h1-6,8-9H,7H2,(H2,18,20,22). The highest BCUT2D eigenvalue weighted by molar-refractivity contribution is 6.30. The Morgan fingerprint density at radius 2 is 2.14 bits per heavy atom. The Morgan fingerprint density at radius 3 is 2.95 bits per heavy atom. The van der Waals surface area contributed by atoms with Gasteiger partial charge in [0.25, 0.3) is 0 Å². The molecule has 2 amide bonds. The predicted octanol–water partition coefficient (Wildman–Crippen LogP) is 3.45. The van der Waals surface area contributed by atoms with Crippen molar-refractivity contribution in [2.45, 2.75) is 6.54 Å². The van der Waals surface area contributed by atoms with Gasteiger partial charge in [-0.15, -0.1) is 0 Å². The number of nitrogens with zero attached hydrogens (tertiary/aromatic N) is 2. The van der Waals surface area contributed by atoms with Crippen LogP contribution in [-0.4, -0.2) is 15.4 Å². The summed E-state index contributed by atoms with van der Waals surface area (Å²) < 4.78 is 14.7. The molecule has 3 rings (SSSR count). The SMILES string of the molecule is O=C(NCc1cn2cc(F)ccc2n1)Nc1cccc(Cl)c1. The van der Waals surface area contributed by atoms with Crippen LogP contribution in [0.3, 0.4) is 0 Å². The van der Waals surface area contributed by atoms with E-state index in [9.17, 15) is 9.18 Å². The van der Waals surface area contributed by atoms with E-state index in [4.69, 9.17) is 11.6 Å². The van der Waals surface area contributed by atoms with E-state index < -0.39 is 0 Å². The number of carbonyl (C=O) groups excluding carboxylic acids is 1. The van der Waals surface area contributed by atoms with Crippen molar-refractivity contribution in [3.05, 3.63) is 65.3 Å². The molecule has 3 aromatic rings. The van der Waals surface area contributed by atoms with E-state index in [0.717, 1.165) is 0 Å². The van der Waals surface area contributed by atoms with Crippen LogP contribution in [0.25, 0.3) is 5.65 Å². The molecule has 2 aromatic heterocycles. The number of hydrogen-bond donors (Lipinski definition) is 2. The molecular weight excluding hydrogens is 307 g/mol. The average molecular weight is 319 g/mol. The monoisotopic (exact) mass is 318 g/mol. The zero-order valence-electron chi connectivity index (χ0n) is 11.4. The first kappa shape index (κ1) is 14.3. The fourth-order valence-electron chi connectivity index (χ4n) is 2.01. The predicted molar refractivity (Wildman–Crippen MR) is 82.5 cm³/mol. The van der Waals surface area contributed by atoms with E-state index in [1.807, 2.05) is 0 Å². The van der Waals surface area contributed by atoms with Gasteiger partial charge in [-0.05, 0) is 30.3 Å². The fourth-order valence-corrected chi connectivity index (χ4v) is 2.21. The van der Waals surface area contributed by atoms with Crippen molar-refractivity contribution < 1.29 is 9.18 Å². The third-order valence-electron chi connectivity index (χ3n) is 2.98. The van der Waals surface area contributed by atoms with E-state index in [-0.39, 0.29) is 18.4 Å². The molecule has 2 N–H and O–H groups in total. The quantitative estimate of drug-likeness (QED) is 0.777. The van der Waals surface area contributed by atoms with Gasteiger partial charge in [-0.25, -0.2) is 14.2 Å². The topological polar surface area (TPSA) is 58.4 Å². The molecule has 2 heterocycles. The van der Waals surface area contributed by atoms with E-state index in [2.05, 4.69) is 15.6 Å².